The Morgan fingerprint density at radius 2 is 1.90 bits per heavy atom. The van der Waals surface area contributed by atoms with Crippen LogP contribution in [0.25, 0.3) is 0 Å². The molecule has 0 fully saturated rings. The Labute approximate surface area is 130 Å². The Balaban J connectivity index is 2.18. The van der Waals surface area contributed by atoms with Crippen molar-refractivity contribution in [2.75, 3.05) is 26.8 Å². The summed E-state index contributed by atoms with van der Waals surface area (Å²) in [6.07, 6.45) is 4.50. The van der Waals surface area contributed by atoms with Crippen LogP contribution in [0.3, 0.4) is 0 Å². The number of benzene rings is 1. The number of rotatable bonds is 11. The fraction of sp³-hybridized carbons (Fsp3) is 0.667. The Morgan fingerprint density at radius 3 is 2.57 bits per heavy atom. The average molecular weight is 293 g/mol. The highest BCUT2D eigenvalue weighted by atomic mass is 16.5. The van der Waals surface area contributed by atoms with E-state index in [0.717, 1.165) is 50.0 Å². The summed E-state index contributed by atoms with van der Waals surface area (Å²) in [5.74, 6) is 2.42. The van der Waals surface area contributed by atoms with Gasteiger partial charge >= 0.3 is 0 Å². The van der Waals surface area contributed by atoms with Gasteiger partial charge in [-0.15, -0.1) is 0 Å². The normalized spacial score (nSPS) is 10.9. The van der Waals surface area contributed by atoms with Gasteiger partial charge in [-0.25, -0.2) is 0 Å². The molecule has 0 unspecified atom stereocenters. The lowest BCUT2D eigenvalue weighted by Crippen LogP contribution is -2.20. The van der Waals surface area contributed by atoms with Crippen LogP contribution in [0.15, 0.2) is 18.2 Å². The lowest BCUT2D eigenvalue weighted by molar-refractivity contribution is 0.285. The highest BCUT2D eigenvalue weighted by Crippen LogP contribution is 2.28. The molecule has 0 radical (unpaired) electrons. The van der Waals surface area contributed by atoms with Crippen molar-refractivity contribution in [1.29, 1.82) is 0 Å². The van der Waals surface area contributed by atoms with E-state index in [-0.39, 0.29) is 0 Å². The van der Waals surface area contributed by atoms with Crippen molar-refractivity contribution in [3.05, 3.63) is 23.8 Å². The van der Waals surface area contributed by atoms with Crippen molar-refractivity contribution < 1.29 is 9.47 Å². The van der Waals surface area contributed by atoms with Gasteiger partial charge in [-0.2, -0.15) is 0 Å². The minimum Gasteiger partial charge on any atom is -0.493 e. The van der Waals surface area contributed by atoms with Crippen LogP contribution >= 0.6 is 0 Å². The summed E-state index contributed by atoms with van der Waals surface area (Å²) in [6.45, 7) is 9.58. The summed E-state index contributed by atoms with van der Waals surface area (Å²) in [5, 5.41) is 3.46. The molecule has 3 nitrogen and oxygen atoms in total. The van der Waals surface area contributed by atoms with Crippen LogP contribution in [0, 0.1) is 5.92 Å². The highest BCUT2D eigenvalue weighted by Gasteiger charge is 2.04. The SMILES string of the molecule is CCc1ccc(OCCCCCNCC(C)C)c(OC)c1. The van der Waals surface area contributed by atoms with E-state index in [0.29, 0.717) is 0 Å². The minimum absolute atomic E-state index is 0.729. The van der Waals surface area contributed by atoms with Crippen molar-refractivity contribution >= 4 is 0 Å². The van der Waals surface area contributed by atoms with E-state index in [4.69, 9.17) is 9.47 Å². The van der Waals surface area contributed by atoms with Crippen LogP contribution in [-0.2, 0) is 6.42 Å². The standard InChI is InChI=1S/C18H31NO2/c1-5-16-9-10-17(18(13-16)20-4)21-12-8-6-7-11-19-14-15(2)3/h9-10,13,15,19H,5-8,11-12,14H2,1-4H3. The van der Waals surface area contributed by atoms with E-state index in [1.807, 2.05) is 6.07 Å². The highest BCUT2D eigenvalue weighted by molar-refractivity contribution is 5.42. The van der Waals surface area contributed by atoms with Crippen molar-refractivity contribution in [3.8, 4) is 11.5 Å². The Bertz CT molecular complexity index is 391. The zero-order valence-electron chi connectivity index (χ0n) is 14.1. The molecule has 1 N–H and O–H groups in total. The summed E-state index contributed by atoms with van der Waals surface area (Å²) in [4.78, 5) is 0. The second kappa shape index (κ2) is 10.5. The van der Waals surface area contributed by atoms with Crippen molar-refractivity contribution in [2.24, 2.45) is 5.92 Å². The molecule has 0 saturated heterocycles. The largest absolute Gasteiger partial charge is 0.493 e. The molecule has 1 rings (SSSR count). The van der Waals surface area contributed by atoms with Crippen molar-refractivity contribution in [2.45, 2.75) is 46.5 Å². The maximum Gasteiger partial charge on any atom is 0.161 e. The smallest absolute Gasteiger partial charge is 0.161 e. The summed E-state index contributed by atoms with van der Waals surface area (Å²) in [6, 6.07) is 6.18. The molecule has 120 valence electrons. The molecule has 0 aromatic heterocycles. The molecule has 0 aliphatic heterocycles. The summed E-state index contributed by atoms with van der Waals surface area (Å²) >= 11 is 0. The predicted molar refractivity (Wildman–Crippen MR) is 89.4 cm³/mol. The first-order chi connectivity index (χ1) is 10.2. The molecule has 0 saturated carbocycles. The van der Waals surface area contributed by atoms with Gasteiger partial charge in [0.15, 0.2) is 11.5 Å². The number of ether oxygens (including phenoxy) is 2. The zero-order valence-corrected chi connectivity index (χ0v) is 14.1. The first kappa shape index (κ1) is 17.8. The molecule has 0 aliphatic rings. The number of nitrogens with one attached hydrogen (secondary N) is 1. The van der Waals surface area contributed by atoms with E-state index < -0.39 is 0 Å². The van der Waals surface area contributed by atoms with Crippen molar-refractivity contribution in [1.82, 2.24) is 5.32 Å². The summed E-state index contributed by atoms with van der Waals surface area (Å²) in [5.41, 5.74) is 1.27. The van der Waals surface area contributed by atoms with Gasteiger partial charge in [0.2, 0.25) is 0 Å². The topological polar surface area (TPSA) is 30.5 Å². The van der Waals surface area contributed by atoms with E-state index >= 15 is 0 Å². The summed E-state index contributed by atoms with van der Waals surface area (Å²) in [7, 11) is 1.70. The van der Waals surface area contributed by atoms with Crippen LogP contribution < -0.4 is 14.8 Å². The molecule has 0 atom stereocenters. The maximum absolute atomic E-state index is 5.83. The second-order valence-electron chi connectivity index (χ2n) is 5.85. The quantitative estimate of drug-likeness (QED) is 0.624. The van der Waals surface area contributed by atoms with Crippen LogP contribution in [0.2, 0.25) is 0 Å². The van der Waals surface area contributed by atoms with Gasteiger partial charge in [0, 0.05) is 0 Å². The van der Waals surface area contributed by atoms with Gasteiger partial charge in [-0.3, -0.25) is 0 Å². The Morgan fingerprint density at radius 1 is 1.10 bits per heavy atom. The third-order valence-electron chi connectivity index (χ3n) is 3.44. The van der Waals surface area contributed by atoms with E-state index in [2.05, 4.69) is 38.2 Å². The van der Waals surface area contributed by atoms with Crippen LogP contribution in [0.4, 0.5) is 0 Å². The third kappa shape index (κ3) is 7.37. The molecule has 0 aliphatic carbocycles. The molecule has 0 bridgehead atoms. The maximum atomic E-state index is 5.83. The van der Waals surface area contributed by atoms with E-state index in [1.54, 1.807) is 7.11 Å². The molecular weight excluding hydrogens is 262 g/mol. The molecule has 3 heteroatoms. The number of methoxy groups -OCH3 is 1. The number of unbranched alkanes of at least 4 members (excludes halogenated alkanes) is 2. The van der Waals surface area contributed by atoms with Crippen LogP contribution in [-0.4, -0.2) is 26.8 Å². The van der Waals surface area contributed by atoms with Gasteiger partial charge < -0.3 is 14.8 Å². The molecule has 1 aromatic rings. The minimum atomic E-state index is 0.729. The van der Waals surface area contributed by atoms with Crippen LogP contribution in [0.1, 0.15) is 45.6 Å². The predicted octanol–water partition coefficient (Wildman–Crippen LogP) is 4.05. The third-order valence-corrected chi connectivity index (χ3v) is 3.44. The molecule has 0 amide bonds. The molecule has 21 heavy (non-hydrogen) atoms. The van der Waals surface area contributed by atoms with Gasteiger partial charge in [-0.1, -0.05) is 26.8 Å². The van der Waals surface area contributed by atoms with E-state index in [1.165, 1.54) is 18.4 Å². The second-order valence-corrected chi connectivity index (χ2v) is 5.85. The zero-order chi connectivity index (χ0) is 15.5. The van der Waals surface area contributed by atoms with E-state index in [9.17, 15) is 0 Å². The first-order valence-electron chi connectivity index (χ1n) is 8.17. The lowest BCUT2D eigenvalue weighted by atomic mass is 10.1. The first-order valence-corrected chi connectivity index (χ1v) is 8.17. The molecular formula is C18H31NO2. The van der Waals surface area contributed by atoms with Crippen LogP contribution in [0.5, 0.6) is 11.5 Å². The summed E-state index contributed by atoms with van der Waals surface area (Å²) < 4.78 is 11.2. The Hall–Kier alpha value is -1.22. The average Bonchev–Trinajstić information content (AvgIpc) is 2.49. The molecule has 1 aromatic carbocycles. The Kier molecular flexibility index (Phi) is 8.91. The van der Waals surface area contributed by atoms with Gasteiger partial charge in [0.25, 0.3) is 0 Å². The van der Waals surface area contributed by atoms with Crippen molar-refractivity contribution in [3.63, 3.8) is 0 Å². The van der Waals surface area contributed by atoms with Gasteiger partial charge in [0.1, 0.15) is 0 Å². The monoisotopic (exact) mass is 293 g/mol. The molecule has 0 spiro atoms. The number of hydrogen-bond donors (Lipinski definition) is 1. The van der Waals surface area contributed by atoms with Gasteiger partial charge in [-0.05, 0) is 62.4 Å². The fourth-order valence-corrected chi connectivity index (χ4v) is 2.15. The number of aryl methyl sites for hydroxylation is 1. The molecule has 0 heterocycles. The lowest BCUT2D eigenvalue weighted by Gasteiger charge is -2.12. The van der Waals surface area contributed by atoms with Gasteiger partial charge in [0.05, 0.1) is 13.7 Å². The fourth-order valence-electron chi connectivity index (χ4n) is 2.15. The number of hydrogen-bond acceptors (Lipinski definition) is 3.